The van der Waals surface area contributed by atoms with Crippen molar-refractivity contribution < 1.29 is 4.79 Å². The summed E-state index contributed by atoms with van der Waals surface area (Å²) in [5.74, 6) is -0.0116. The lowest BCUT2D eigenvalue weighted by Crippen LogP contribution is -2.21. The van der Waals surface area contributed by atoms with Crippen LogP contribution in [0.1, 0.15) is 28.5 Å². The van der Waals surface area contributed by atoms with E-state index in [1.54, 1.807) is 19.0 Å². The fourth-order valence-corrected chi connectivity index (χ4v) is 3.20. The number of carbonyl (C=O) groups is 1. The minimum Gasteiger partial charge on any atom is -0.388 e. The van der Waals surface area contributed by atoms with Gasteiger partial charge in [0.05, 0.1) is 0 Å². The molecule has 4 heteroatoms. The van der Waals surface area contributed by atoms with Crippen molar-refractivity contribution in [3.05, 3.63) is 53.2 Å². The fourth-order valence-electron chi connectivity index (χ4n) is 3.20. The minimum atomic E-state index is -0.0116. The molecule has 0 spiro atoms. The molecular weight excluding hydrogens is 310 g/mol. The molecule has 2 N–H and O–H groups in total. The first-order chi connectivity index (χ1) is 11.9. The molecule has 0 unspecified atom stereocenters. The van der Waals surface area contributed by atoms with Crippen molar-refractivity contribution in [3.8, 4) is 11.1 Å². The maximum absolute atomic E-state index is 12.4. The molecule has 0 bridgehead atoms. The maximum Gasteiger partial charge on any atom is 0.269 e. The second-order valence-electron chi connectivity index (χ2n) is 6.62. The van der Waals surface area contributed by atoms with E-state index in [1.807, 2.05) is 13.1 Å². The molecule has 0 aliphatic rings. The summed E-state index contributed by atoms with van der Waals surface area (Å²) in [4.78, 5) is 17.2. The third kappa shape index (κ3) is 3.12. The zero-order valence-corrected chi connectivity index (χ0v) is 15.5. The van der Waals surface area contributed by atoms with Gasteiger partial charge in [-0.25, -0.2) is 0 Å². The van der Waals surface area contributed by atoms with Gasteiger partial charge < -0.3 is 15.2 Å². The molecule has 2 aromatic carbocycles. The number of aromatic nitrogens is 1. The molecule has 0 saturated carbocycles. The lowest BCUT2D eigenvalue weighted by Gasteiger charge is -2.11. The van der Waals surface area contributed by atoms with Gasteiger partial charge in [0.15, 0.2) is 0 Å². The number of aryl methyl sites for hydroxylation is 2. The van der Waals surface area contributed by atoms with E-state index in [0.717, 1.165) is 23.0 Å². The van der Waals surface area contributed by atoms with Gasteiger partial charge in [0.1, 0.15) is 5.69 Å². The van der Waals surface area contributed by atoms with Crippen molar-refractivity contribution in [1.82, 2.24) is 9.88 Å². The topological polar surface area (TPSA) is 48.1 Å². The number of fused-ring (bicyclic) bond motifs is 1. The number of anilines is 1. The van der Waals surface area contributed by atoms with Gasteiger partial charge in [-0.15, -0.1) is 0 Å². The van der Waals surface area contributed by atoms with E-state index in [2.05, 4.69) is 54.5 Å². The number of amides is 1. The highest BCUT2D eigenvalue weighted by Gasteiger charge is 2.16. The van der Waals surface area contributed by atoms with Gasteiger partial charge in [-0.05, 0) is 59.9 Å². The lowest BCUT2D eigenvalue weighted by atomic mass is 9.94. The molecule has 1 heterocycles. The van der Waals surface area contributed by atoms with E-state index < -0.39 is 0 Å². The summed E-state index contributed by atoms with van der Waals surface area (Å²) in [5, 5.41) is 4.27. The second-order valence-corrected chi connectivity index (χ2v) is 6.62. The predicted molar refractivity (Wildman–Crippen MR) is 105 cm³/mol. The first kappa shape index (κ1) is 17.1. The summed E-state index contributed by atoms with van der Waals surface area (Å²) in [6.45, 7) is 4.27. The van der Waals surface area contributed by atoms with Crippen molar-refractivity contribution in [2.75, 3.05) is 26.5 Å². The van der Waals surface area contributed by atoms with Crippen LogP contribution in [-0.4, -0.2) is 36.9 Å². The quantitative estimate of drug-likeness (QED) is 0.740. The highest BCUT2D eigenvalue weighted by atomic mass is 16.2. The van der Waals surface area contributed by atoms with Gasteiger partial charge >= 0.3 is 0 Å². The summed E-state index contributed by atoms with van der Waals surface area (Å²) in [6.07, 6.45) is 0.951. The summed E-state index contributed by atoms with van der Waals surface area (Å²) < 4.78 is 0. The molecule has 1 aromatic heterocycles. The maximum atomic E-state index is 12.4. The highest BCUT2D eigenvalue weighted by molar-refractivity contribution is 6.03. The number of aromatic amines is 1. The highest BCUT2D eigenvalue weighted by Crippen LogP contribution is 2.34. The van der Waals surface area contributed by atoms with Gasteiger partial charge in [0.25, 0.3) is 5.91 Å². The van der Waals surface area contributed by atoms with E-state index >= 15 is 0 Å². The Bertz CT molecular complexity index is 938. The molecule has 0 aliphatic heterocycles. The van der Waals surface area contributed by atoms with Gasteiger partial charge in [0.2, 0.25) is 0 Å². The molecule has 0 atom stereocenters. The standard InChI is InChI=1S/C21H25N3O/c1-6-14-10-17(16-8-7-15(22-3)9-13(16)2)18-12-20(21(25)24(4)5)23-19(18)11-14/h7-12,22-23H,6H2,1-5H3. The van der Waals surface area contributed by atoms with Gasteiger partial charge in [-0.3, -0.25) is 4.79 Å². The largest absolute Gasteiger partial charge is 0.388 e. The number of hydrogen-bond acceptors (Lipinski definition) is 2. The molecule has 1 amide bonds. The van der Waals surface area contributed by atoms with E-state index in [4.69, 9.17) is 0 Å². The molecule has 0 radical (unpaired) electrons. The third-order valence-electron chi connectivity index (χ3n) is 4.65. The third-order valence-corrected chi connectivity index (χ3v) is 4.65. The van der Waals surface area contributed by atoms with Crippen molar-refractivity contribution in [3.63, 3.8) is 0 Å². The molecular formula is C21H25N3O. The number of H-pyrrole nitrogens is 1. The number of benzene rings is 2. The Morgan fingerprint density at radius 3 is 2.48 bits per heavy atom. The molecule has 25 heavy (non-hydrogen) atoms. The van der Waals surface area contributed by atoms with Crippen LogP contribution in [0.3, 0.4) is 0 Å². The molecule has 4 nitrogen and oxygen atoms in total. The van der Waals surface area contributed by atoms with Crippen LogP contribution in [0.25, 0.3) is 22.0 Å². The molecule has 130 valence electrons. The van der Waals surface area contributed by atoms with Crippen LogP contribution in [0.5, 0.6) is 0 Å². The van der Waals surface area contributed by atoms with Gasteiger partial charge in [-0.1, -0.05) is 19.1 Å². The first-order valence-corrected chi connectivity index (χ1v) is 8.60. The summed E-state index contributed by atoms with van der Waals surface area (Å²) in [7, 11) is 5.47. The minimum absolute atomic E-state index is 0.0116. The smallest absolute Gasteiger partial charge is 0.269 e. The van der Waals surface area contributed by atoms with Crippen LogP contribution in [0.4, 0.5) is 5.69 Å². The molecule has 0 fully saturated rings. The molecule has 3 aromatic rings. The summed E-state index contributed by atoms with van der Waals surface area (Å²) in [5.41, 5.74) is 7.57. The van der Waals surface area contributed by atoms with Crippen molar-refractivity contribution in [2.45, 2.75) is 20.3 Å². The van der Waals surface area contributed by atoms with Crippen molar-refractivity contribution in [2.24, 2.45) is 0 Å². The second kappa shape index (κ2) is 6.63. The first-order valence-electron chi connectivity index (χ1n) is 8.60. The SMILES string of the molecule is CCc1cc(-c2ccc(NC)cc2C)c2cc(C(=O)N(C)C)[nH]c2c1. The van der Waals surface area contributed by atoms with Crippen LogP contribution < -0.4 is 5.32 Å². The number of carbonyl (C=O) groups excluding carboxylic acids is 1. The van der Waals surface area contributed by atoms with E-state index in [9.17, 15) is 4.79 Å². The molecule has 0 saturated heterocycles. The number of hydrogen-bond donors (Lipinski definition) is 2. The molecule has 0 aliphatic carbocycles. The van der Waals surface area contributed by atoms with Crippen LogP contribution >= 0.6 is 0 Å². The Morgan fingerprint density at radius 1 is 1.12 bits per heavy atom. The Kier molecular flexibility index (Phi) is 4.53. The normalized spacial score (nSPS) is 10.9. The van der Waals surface area contributed by atoms with Crippen molar-refractivity contribution in [1.29, 1.82) is 0 Å². The number of nitrogens with one attached hydrogen (secondary N) is 2. The van der Waals surface area contributed by atoms with E-state index in [0.29, 0.717) is 5.69 Å². The Hall–Kier alpha value is -2.75. The Labute approximate surface area is 148 Å². The van der Waals surface area contributed by atoms with Crippen LogP contribution in [0.15, 0.2) is 36.4 Å². The van der Waals surface area contributed by atoms with Crippen LogP contribution in [-0.2, 0) is 6.42 Å². The van der Waals surface area contributed by atoms with E-state index in [1.165, 1.54) is 22.3 Å². The van der Waals surface area contributed by atoms with E-state index in [-0.39, 0.29) is 5.91 Å². The molecule has 3 rings (SSSR count). The lowest BCUT2D eigenvalue weighted by molar-refractivity contribution is 0.0823. The van der Waals surface area contributed by atoms with Crippen molar-refractivity contribution >= 4 is 22.5 Å². The Morgan fingerprint density at radius 2 is 1.88 bits per heavy atom. The fraction of sp³-hybridized carbons (Fsp3) is 0.286. The Balaban J connectivity index is 2.24. The van der Waals surface area contributed by atoms with Gasteiger partial charge in [0, 0.05) is 37.7 Å². The number of nitrogens with zero attached hydrogens (tertiary/aromatic N) is 1. The monoisotopic (exact) mass is 335 g/mol. The number of rotatable bonds is 4. The summed E-state index contributed by atoms with van der Waals surface area (Å²) >= 11 is 0. The van der Waals surface area contributed by atoms with Crippen LogP contribution in [0.2, 0.25) is 0 Å². The summed E-state index contributed by atoms with van der Waals surface area (Å²) in [6, 6.07) is 12.7. The zero-order valence-electron chi connectivity index (χ0n) is 15.5. The average molecular weight is 335 g/mol. The average Bonchev–Trinajstić information content (AvgIpc) is 3.03. The van der Waals surface area contributed by atoms with Crippen LogP contribution in [0, 0.1) is 6.92 Å². The van der Waals surface area contributed by atoms with Gasteiger partial charge in [-0.2, -0.15) is 0 Å². The zero-order chi connectivity index (χ0) is 18.1. The predicted octanol–water partition coefficient (Wildman–Crippen LogP) is 4.45.